The number of fused-ring (bicyclic) bond motifs is 1. The number of nitrogens with zero attached hydrogens (tertiary/aromatic N) is 4. The summed E-state index contributed by atoms with van der Waals surface area (Å²) in [6.45, 7) is 8.46. The Balaban J connectivity index is 1.33. The van der Waals surface area contributed by atoms with Crippen LogP contribution in [0.5, 0.6) is 11.5 Å². The Labute approximate surface area is 182 Å². The monoisotopic (exact) mass is 420 g/mol. The lowest BCUT2D eigenvalue weighted by atomic mass is 10.1. The molecule has 1 aliphatic heterocycles. The van der Waals surface area contributed by atoms with Crippen LogP contribution in [0.15, 0.2) is 47.6 Å². The van der Waals surface area contributed by atoms with Gasteiger partial charge in [0, 0.05) is 25.0 Å². The fourth-order valence-electron chi connectivity index (χ4n) is 3.43. The number of benzene rings is 1. The molecule has 0 unspecified atom stereocenters. The van der Waals surface area contributed by atoms with Gasteiger partial charge in [0.15, 0.2) is 23.3 Å². The van der Waals surface area contributed by atoms with Crippen LogP contribution in [0.25, 0.3) is 5.82 Å². The van der Waals surface area contributed by atoms with Crippen LogP contribution in [0.1, 0.15) is 29.4 Å². The molecule has 3 heterocycles. The van der Waals surface area contributed by atoms with E-state index in [0.29, 0.717) is 13.3 Å². The highest BCUT2D eigenvalue weighted by Crippen LogP contribution is 2.32. The molecule has 3 aromatic rings. The van der Waals surface area contributed by atoms with Crippen LogP contribution in [-0.4, -0.2) is 40.6 Å². The van der Waals surface area contributed by atoms with E-state index in [2.05, 4.69) is 38.7 Å². The molecule has 1 aromatic carbocycles. The van der Waals surface area contributed by atoms with E-state index in [-0.39, 0.29) is 0 Å². The van der Waals surface area contributed by atoms with Crippen molar-refractivity contribution in [1.29, 1.82) is 0 Å². The van der Waals surface area contributed by atoms with Gasteiger partial charge < -0.3 is 20.1 Å². The van der Waals surface area contributed by atoms with Crippen molar-refractivity contribution in [3.05, 3.63) is 65.1 Å². The first kappa shape index (κ1) is 20.7. The lowest BCUT2D eigenvalue weighted by Crippen LogP contribution is -2.38. The molecule has 1 aliphatic rings. The van der Waals surface area contributed by atoms with Gasteiger partial charge in [0.2, 0.25) is 6.79 Å². The zero-order chi connectivity index (χ0) is 21.6. The molecule has 0 radical (unpaired) electrons. The third kappa shape index (κ3) is 5.14. The minimum absolute atomic E-state index is 0.297. The topological polar surface area (TPSA) is 85.6 Å². The van der Waals surface area contributed by atoms with E-state index in [0.717, 1.165) is 59.7 Å². The number of aryl methyl sites for hydroxylation is 2. The molecule has 2 aromatic heterocycles. The largest absolute Gasteiger partial charge is 0.454 e. The molecule has 0 spiro atoms. The van der Waals surface area contributed by atoms with Gasteiger partial charge in [-0.05, 0) is 62.6 Å². The second-order valence-electron chi connectivity index (χ2n) is 7.42. The Kier molecular flexibility index (Phi) is 6.35. The zero-order valence-electron chi connectivity index (χ0n) is 18.2. The van der Waals surface area contributed by atoms with Crippen molar-refractivity contribution < 1.29 is 9.47 Å². The SMILES string of the molecule is CCNC(=NCc1ccc(-n2nc(C)cc2C)nc1)NCCc1ccc2c(c1)OCO2. The minimum Gasteiger partial charge on any atom is -0.454 e. The predicted molar refractivity (Wildman–Crippen MR) is 120 cm³/mol. The Hall–Kier alpha value is -3.55. The fraction of sp³-hybridized carbons (Fsp3) is 0.348. The van der Waals surface area contributed by atoms with Crippen LogP contribution in [0.3, 0.4) is 0 Å². The first-order valence-corrected chi connectivity index (χ1v) is 10.5. The second-order valence-corrected chi connectivity index (χ2v) is 7.42. The first-order chi connectivity index (χ1) is 15.1. The van der Waals surface area contributed by atoms with Crippen molar-refractivity contribution in [3.8, 4) is 17.3 Å². The molecule has 2 N–H and O–H groups in total. The van der Waals surface area contributed by atoms with Crippen molar-refractivity contribution in [2.24, 2.45) is 4.99 Å². The zero-order valence-corrected chi connectivity index (χ0v) is 18.2. The molecule has 0 atom stereocenters. The van der Waals surface area contributed by atoms with Gasteiger partial charge in [-0.2, -0.15) is 5.10 Å². The quantitative estimate of drug-likeness (QED) is 0.452. The Morgan fingerprint density at radius 2 is 1.90 bits per heavy atom. The van der Waals surface area contributed by atoms with Crippen molar-refractivity contribution in [2.75, 3.05) is 19.9 Å². The van der Waals surface area contributed by atoms with Gasteiger partial charge in [-0.25, -0.2) is 14.7 Å². The molecule has 0 fully saturated rings. The third-order valence-electron chi connectivity index (χ3n) is 4.94. The summed E-state index contributed by atoms with van der Waals surface area (Å²) in [5.74, 6) is 3.22. The summed E-state index contributed by atoms with van der Waals surface area (Å²) in [7, 11) is 0. The highest BCUT2D eigenvalue weighted by Gasteiger charge is 2.13. The van der Waals surface area contributed by atoms with E-state index in [4.69, 9.17) is 9.47 Å². The van der Waals surface area contributed by atoms with Gasteiger partial charge in [-0.1, -0.05) is 12.1 Å². The molecule has 8 nitrogen and oxygen atoms in total. The number of aliphatic imine (C=N–C) groups is 1. The van der Waals surface area contributed by atoms with Gasteiger partial charge in [0.05, 0.1) is 12.2 Å². The lowest BCUT2D eigenvalue weighted by Gasteiger charge is -2.11. The molecule has 0 saturated heterocycles. The summed E-state index contributed by atoms with van der Waals surface area (Å²) in [5.41, 5.74) is 4.28. The third-order valence-corrected chi connectivity index (χ3v) is 4.94. The van der Waals surface area contributed by atoms with Crippen molar-refractivity contribution >= 4 is 5.96 Å². The van der Waals surface area contributed by atoms with Crippen LogP contribution in [0, 0.1) is 13.8 Å². The van der Waals surface area contributed by atoms with Gasteiger partial charge in [-0.15, -0.1) is 0 Å². The van der Waals surface area contributed by atoms with Gasteiger partial charge in [0.1, 0.15) is 0 Å². The van der Waals surface area contributed by atoms with Gasteiger partial charge in [-0.3, -0.25) is 0 Å². The van der Waals surface area contributed by atoms with E-state index in [1.54, 1.807) is 0 Å². The average Bonchev–Trinajstić information content (AvgIpc) is 3.37. The maximum atomic E-state index is 5.45. The summed E-state index contributed by atoms with van der Waals surface area (Å²) in [4.78, 5) is 9.23. The van der Waals surface area contributed by atoms with E-state index < -0.39 is 0 Å². The lowest BCUT2D eigenvalue weighted by molar-refractivity contribution is 0.174. The van der Waals surface area contributed by atoms with E-state index in [1.807, 2.05) is 55.1 Å². The van der Waals surface area contributed by atoms with Gasteiger partial charge in [0.25, 0.3) is 0 Å². The molecule has 0 amide bonds. The summed E-state index contributed by atoms with van der Waals surface area (Å²) >= 11 is 0. The molecule has 4 rings (SSSR count). The van der Waals surface area contributed by atoms with E-state index in [9.17, 15) is 0 Å². The van der Waals surface area contributed by atoms with Crippen molar-refractivity contribution in [3.63, 3.8) is 0 Å². The maximum absolute atomic E-state index is 5.45. The van der Waals surface area contributed by atoms with Crippen LogP contribution >= 0.6 is 0 Å². The van der Waals surface area contributed by atoms with Crippen molar-refractivity contribution in [2.45, 2.75) is 33.7 Å². The summed E-state index contributed by atoms with van der Waals surface area (Å²) in [5, 5.41) is 11.2. The Bertz CT molecular complexity index is 1060. The summed E-state index contributed by atoms with van der Waals surface area (Å²) in [6.07, 6.45) is 2.71. The van der Waals surface area contributed by atoms with Crippen molar-refractivity contribution in [1.82, 2.24) is 25.4 Å². The molecular formula is C23H28N6O2. The number of pyridine rings is 1. The molecule has 31 heavy (non-hydrogen) atoms. The maximum Gasteiger partial charge on any atom is 0.231 e. The highest BCUT2D eigenvalue weighted by atomic mass is 16.7. The number of nitrogens with one attached hydrogen (secondary N) is 2. The molecule has 0 aliphatic carbocycles. The smallest absolute Gasteiger partial charge is 0.231 e. The number of guanidine groups is 1. The van der Waals surface area contributed by atoms with Crippen LogP contribution in [-0.2, 0) is 13.0 Å². The number of rotatable bonds is 7. The van der Waals surface area contributed by atoms with E-state index in [1.165, 1.54) is 5.56 Å². The number of ether oxygens (including phenoxy) is 2. The normalized spacial score (nSPS) is 12.8. The number of hydrogen-bond acceptors (Lipinski definition) is 5. The van der Waals surface area contributed by atoms with Crippen LogP contribution in [0.2, 0.25) is 0 Å². The summed E-state index contributed by atoms with van der Waals surface area (Å²) in [6, 6.07) is 12.1. The molecule has 8 heteroatoms. The predicted octanol–water partition coefficient (Wildman–Crippen LogP) is 2.91. The Morgan fingerprint density at radius 1 is 1.06 bits per heavy atom. The fourth-order valence-corrected chi connectivity index (χ4v) is 3.43. The molecule has 0 bridgehead atoms. The summed E-state index contributed by atoms with van der Waals surface area (Å²) < 4.78 is 12.7. The first-order valence-electron chi connectivity index (χ1n) is 10.5. The molecular weight excluding hydrogens is 392 g/mol. The van der Waals surface area contributed by atoms with Gasteiger partial charge >= 0.3 is 0 Å². The number of aromatic nitrogens is 3. The average molecular weight is 421 g/mol. The Morgan fingerprint density at radius 3 is 2.65 bits per heavy atom. The second kappa shape index (κ2) is 9.51. The van der Waals surface area contributed by atoms with E-state index >= 15 is 0 Å². The van der Waals surface area contributed by atoms with Crippen LogP contribution < -0.4 is 20.1 Å². The molecule has 162 valence electrons. The standard InChI is InChI=1S/C23H28N6O2/c1-4-24-23(25-10-9-18-5-7-20-21(12-18)31-15-30-20)27-14-19-6-8-22(26-13-19)29-17(3)11-16(2)28-29/h5-8,11-13H,4,9-10,14-15H2,1-3H3,(H2,24,25,27). The molecule has 0 saturated carbocycles. The van der Waals surface area contributed by atoms with Crippen LogP contribution in [0.4, 0.5) is 0 Å². The number of hydrogen-bond donors (Lipinski definition) is 2. The highest BCUT2D eigenvalue weighted by molar-refractivity contribution is 5.79. The minimum atomic E-state index is 0.297.